The quantitative estimate of drug-likeness (QED) is 0.787. The van der Waals surface area contributed by atoms with Crippen LogP contribution in [0.25, 0.3) is 0 Å². The Labute approximate surface area is 126 Å². The van der Waals surface area contributed by atoms with E-state index in [1.807, 2.05) is 0 Å². The van der Waals surface area contributed by atoms with E-state index in [0.29, 0.717) is 5.54 Å². The lowest BCUT2D eigenvalue weighted by Gasteiger charge is -2.44. The Morgan fingerprint density at radius 2 is 1.45 bits per heavy atom. The number of likely N-dealkylation sites (tertiary alicyclic amines) is 1. The summed E-state index contributed by atoms with van der Waals surface area (Å²) in [5.74, 6) is 0.936. The highest BCUT2D eigenvalue weighted by molar-refractivity contribution is 4.84. The predicted molar refractivity (Wildman–Crippen MR) is 87.2 cm³/mol. The van der Waals surface area contributed by atoms with Crippen molar-refractivity contribution in [1.29, 1.82) is 0 Å². The summed E-state index contributed by atoms with van der Waals surface area (Å²) in [6, 6.07) is 0.728. The average Bonchev–Trinajstić information content (AvgIpc) is 2.39. The smallest absolute Gasteiger partial charge is 0.0126 e. The largest absolute Gasteiger partial charge is 0.301 e. The van der Waals surface area contributed by atoms with Gasteiger partial charge in [0.1, 0.15) is 0 Å². The van der Waals surface area contributed by atoms with E-state index in [9.17, 15) is 0 Å². The third-order valence-electron chi connectivity index (χ3n) is 5.22. The van der Waals surface area contributed by atoms with Gasteiger partial charge in [0.25, 0.3) is 0 Å². The molecule has 2 aliphatic rings. The number of piperazine rings is 1. The molecule has 0 amide bonds. The van der Waals surface area contributed by atoms with E-state index in [1.54, 1.807) is 0 Å². The van der Waals surface area contributed by atoms with Gasteiger partial charge in [-0.25, -0.2) is 0 Å². The monoisotopic (exact) mass is 281 g/mol. The van der Waals surface area contributed by atoms with Crippen LogP contribution in [0, 0.1) is 5.92 Å². The van der Waals surface area contributed by atoms with Crippen molar-refractivity contribution in [1.82, 2.24) is 14.7 Å². The van der Waals surface area contributed by atoms with E-state index in [2.05, 4.69) is 49.3 Å². The SMILES string of the molecule is CC(C)N1CCC(CN2CCN(C(C)(C)C)CC2)CC1. The van der Waals surface area contributed by atoms with Crippen molar-refractivity contribution in [2.24, 2.45) is 5.92 Å². The van der Waals surface area contributed by atoms with Gasteiger partial charge in [0, 0.05) is 44.3 Å². The van der Waals surface area contributed by atoms with Crippen LogP contribution < -0.4 is 0 Å². The molecule has 0 saturated carbocycles. The van der Waals surface area contributed by atoms with Crippen LogP contribution >= 0.6 is 0 Å². The molecule has 20 heavy (non-hydrogen) atoms. The fraction of sp³-hybridized carbons (Fsp3) is 1.00. The molecule has 0 aromatic heterocycles. The Kier molecular flexibility index (Phi) is 5.49. The molecule has 0 N–H and O–H groups in total. The van der Waals surface area contributed by atoms with Crippen LogP contribution in [0.5, 0.6) is 0 Å². The van der Waals surface area contributed by atoms with Gasteiger partial charge in [-0.2, -0.15) is 0 Å². The normalized spacial score (nSPS) is 25.5. The summed E-state index contributed by atoms with van der Waals surface area (Å²) in [6.07, 6.45) is 2.80. The van der Waals surface area contributed by atoms with Crippen LogP contribution in [-0.2, 0) is 0 Å². The van der Waals surface area contributed by atoms with Crippen molar-refractivity contribution in [3.63, 3.8) is 0 Å². The first-order chi connectivity index (χ1) is 9.36. The number of nitrogens with zero attached hydrogens (tertiary/aromatic N) is 3. The number of hydrogen-bond donors (Lipinski definition) is 0. The van der Waals surface area contributed by atoms with Crippen molar-refractivity contribution in [2.45, 2.75) is 59.0 Å². The maximum Gasteiger partial charge on any atom is 0.0126 e. The molecule has 0 spiro atoms. The molecular formula is C17H35N3. The molecular weight excluding hydrogens is 246 g/mol. The summed E-state index contributed by atoms with van der Waals surface area (Å²) in [6.45, 7) is 20.6. The van der Waals surface area contributed by atoms with Crippen LogP contribution in [0.15, 0.2) is 0 Å². The summed E-state index contributed by atoms with van der Waals surface area (Å²) < 4.78 is 0. The third kappa shape index (κ3) is 4.44. The van der Waals surface area contributed by atoms with Gasteiger partial charge in [0.15, 0.2) is 0 Å². The van der Waals surface area contributed by atoms with E-state index >= 15 is 0 Å². The fourth-order valence-electron chi connectivity index (χ4n) is 3.62. The van der Waals surface area contributed by atoms with E-state index < -0.39 is 0 Å². The van der Waals surface area contributed by atoms with Crippen LogP contribution in [0.4, 0.5) is 0 Å². The minimum absolute atomic E-state index is 0.342. The first-order valence-electron chi connectivity index (χ1n) is 8.57. The molecule has 2 rings (SSSR count). The second-order valence-corrected chi connectivity index (χ2v) is 8.03. The van der Waals surface area contributed by atoms with E-state index in [4.69, 9.17) is 0 Å². The summed E-state index contributed by atoms with van der Waals surface area (Å²) >= 11 is 0. The molecule has 0 aromatic carbocycles. The lowest BCUT2D eigenvalue weighted by molar-refractivity contribution is 0.0459. The van der Waals surface area contributed by atoms with Crippen molar-refractivity contribution in [3.8, 4) is 0 Å². The molecule has 3 nitrogen and oxygen atoms in total. The summed E-state index contributed by atoms with van der Waals surface area (Å²) in [4.78, 5) is 7.97. The van der Waals surface area contributed by atoms with Crippen LogP contribution in [0.3, 0.4) is 0 Å². The summed E-state index contributed by atoms with van der Waals surface area (Å²) in [7, 11) is 0. The highest BCUT2D eigenvalue weighted by atomic mass is 15.3. The molecule has 2 aliphatic heterocycles. The second-order valence-electron chi connectivity index (χ2n) is 8.03. The number of hydrogen-bond acceptors (Lipinski definition) is 3. The Morgan fingerprint density at radius 3 is 1.90 bits per heavy atom. The zero-order chi connectivity index (χ0) is 14.8. The van der Waals surface area contributed by atoms with Gasteiger partial charge in [-0.05, 0) is 66.5 Å². The van der Waals surface area contributed by atoms with Gasteiger partial charge < -0.3 is 9.80 Å². The molecule has 0 radical (unpaired) electrons. The average molecular weight is 281 g/mol. The van der Waals surface area contributed by atoms with Crippen LogP contribution in [0.1, 0.15) is 47.5 Å². The molecule has 0 aromatic rings. The van der Waals surface area contributed by atoms with Gasteiger partial charge in [-0.15, -0.1) is 0 Å². The Hall–Kier alpha value is -0.120. The maximum absolute atomic E-state index is 2.71. The highest BCUT2D eigenvalue weighted by Gasteiger charge is 2.28. The van der Waals surface area contributed by atoms with Gasteiger partial charge in [0.05, 0.1) is 0 Å². The fourth-order valence-corrected chi connectivity index (χ4v) is 3.62. The summed E-state index contributed by atoms with van der Waals surface area (Å²) in [5.41, 5.74) is 0.342. The Morgan fingerprint density at radius 1 is 0.900 bits per heavy atom. The van der Waals surface area contributed by atoms with Crippen molar-refractivity contribution >= 4 is 0 Å². The lowest BCUT2D eigenvalue weighted by Crippen LogP contribution is -2.54. The first-order valence-corrected chi connectivity index (χ1v) is 8.57. The highest BCUT2D eigenvalue weighted by Crippen LogP contribution is 2.22. The molecule has 3 heteroatoms. The standard InChI is InChI=1S/C17H35N3/c1-15(2)19-8-6-16(7-9-19)14-18-10-12-20(13-11-18)17(3,4)5/h15-16H,6-14H2,1-5H3. The molecule has 0 bridgehead atoms. The molecule has 0 atom stereocenters. The van der Waals surface area contributed by atoms with Gasteiger partial charge in [-0.3, -0.25) is 4.90 Å². The molecule has 2 fully saturated rings. The maximum atomic E-state index is 2.71. The zero-order valence-electron chi connectivity index (χ0n) is 14.4. The first kappa shape index (κ1) is 16.3. The van der Waals surface area contributed by atoms with E-state index in [-0.39, 0.29) is 0 Å². The van der Waals surface area contributed by atoms with Crippen molar-refractivity contribution in [2.75, 3.05) is 45.8 Å². The lowest BCUT2D eigenvalue weighted by atomic mass is 9.95. The minimum Gasteiger partial charge on any atom is -0.301 e. The second kappa shape index (κ2) is 6.76. The Balaban J connectivity index is 1.69. The molecule has 2 heterocycles. The van der Waals surface area contributed by atoms with Crippen molar-refractivity contribution in [3.05, 3.63) is 0 Å². The van der Waals surface area contributed by atoms with Crippen LogP contribution in [0.2, 0.25) is 0 Å². The molecule has 0 unspecified atom stereocenters. The topological polar surface area (TPSA) is 9.72 Å². The summed E-state index contributed by atoms with van der Waals surface area (Å²) in [5, 5.41) is 0. The van der Waals surface area contributed by atoms with Gasteiger partial charge in [-0.1, -0.05) is 0 Å². The molecule has 0 aliphatic carbocycles. The van der Waals surface area contributed by atoms with Crippen LogP contribution in [-0.4, -0.2) is 72.1 Å². The van der Waals surface area contributed by atoms with Gasteiger partial charge in [0.2, 0.25) is 0 Å². The molecule has 2 saturated heterocycles. The number of piperidine rings is 1. The Bertz CT molecular complexity index is 279. The van der Waals surface area contributed by atoms with Gasteiger partial charge >= 0.3 is 0 Å². The minimum atomic E-state index is 0.342. The number of rotatable bonds is 3. The van der Waals surface area contributed by atoms with E-state index in [0.717, 1.165) is 12.0 Å². The van der Waals surface area contributed by atoms with Crippen molar-refractivity contribution < 1.29 is 0 Å². The third-order valence-corrected chi connectivity index (χ3v) is 5.22. The molecule has 118 valence electrons. The predicted octanol–water partition coefficient (Wildman–Crippen LogP) is 2.52. The van der Waals surface area contributed by atoms with E-state index in [1.165, 1.54) is 58.7 Å². The zero-order valence-corrected chi connectivity index (χ0v) is 14.4.